The quantitative estimate of drug-likeness (QED) is 0.938. The Balaban J connectivity index is 1.87. The molecule has 0 unspecified atom stereocenters. The van der Waals surface area contributed by atoms with E-state index in [4.69, 9.17) is 4.98 Å². The molecule has 1 aromatic heterocycles. The molecule has 3 rings (SSSR count). The van der Waals surface area contributed by atoms with Gasteiger partial charge in [0.2, 0.25) is 0 Å². The number of piperidine rings is 1. The summed E-state index contributed by atoms with van der Waals surface area (Å²) in [5.74, 6) is 1.69. The topological polar surface area (TPSA) is 52.0 Å². The molecule has 2 aromatic rings. The lowest BCUT2D eigenvalue weighted by Gasteiger charge is -2.33. The Morgan fingerprint density at radius 3 is 2.81 bits per heavy atom. The highest BCUT2D eigenvalue weighted by molar-refractivity contribution is 5.86. The van der Waals surface area contributed by atoms with Gasteiger partial charge < -0.3 is 10.2 Å². The van der Waals surface area contributed by atoms with Gasteiger partial charge in [0.1, 0.15) is 5.82 Å². The van der Waals surface area contributed by atoms with Crippen LogP contribution in [0.4, 0.5) is 5.82 Å². The Morgan fingerprint density at radius 1 is 1.33 bits per heavy atom. The van der Waals surface area contributed by atoms with E-state index < -0.39 is 0 Å². The van der Waals surface area contributed by atoms with Crippen molar-refractivity contribution in [2.45, 2.75) is 12.8 Å². The molecule has 1 N–H and O–H groups in total. The first-order valence-corrected chi connectivity index (χ1v) is 7.51. The third-order valence-electron chi connectivity index (χ3n) is 4.25. The van der Waals surface area contributed by atoms with E-state index in [1.165, 1.54) is 12.8 Å². The van der Waals surface area contributed by atoms with Crippen LogP contribution in [0.15, 0.2) is 30.3 Å². The lowest BCUT2D eigenvalue weighted by molar-refractivity contribution is 0.392. The fourth-order valence-electron chi connectivity index (χ4n) is 3.07. The standard InChI is InChI=1S/C17H20N4/c1-19-12-13-6-8-21(9-7-13)17-10-14(11-18)15-4-2-3-5-16(15)20-17/h2-5,10,13,19H,6-9,12H2,1H3. The highest BCUT2D eigenvalue weighted by Crippen LogP contribution is 2.26. The first-order chi connectivity index (χ1) is 10.3. The Labute approximate surface area is 125 Å². The van der Waals surface area contributed by atoms with Crippen LogP contribution in [0, 0.1) is 17.2 Å². The van der Waals surface area contributed by atoms with Gasteiger partial charge in [0.05, 0.1) is 17.1 Å². The van der Waals surface area contributed by atoms with Gasteiger partial charge in [-0.1, -0.05) is 18.2 Å². The summed E-state index contributed by atoms with van der Waals surface area (Å²) in [5, 5.41) is 13.6. The Morgan fingerprint density at radius 2 is 2.10 bits per heavy atom. The van der Waals surface area contributed by atoms with Gasteiger partial charge in [-0.15, -0.1) is 0 Å². The minimum absolute atomic E-state index is 0.716. The summed E-state index contributed by atoms with van der Waals surface area (Å²) in [4.78, 5) is 7.04. The van der Waals surface area contributed by atoms with E-state index in [1.54, 1.807) is 0 Å². The summed E-state index contributed by atoms with van der Waals surface area (Å²) in [7, 11) is 2.01. The van der Waals surface area contributed by atoms with Crippen LogP contribution in [0.3, 0.4) is 0 Å². The average molecular weight is 280 g/mol. The third-order valence-corrected chi connectivity index (χ3v) is 4.25. The Bertz CT molecular complexity index is 666. The highest BCUT2D eigenvalue weighted by atomic mass is 15.2. The number of aromatic nitrogens is 1. The smallest absolute Gasteiger partial charge is 0.130 e. The van der Waals surface area contributed by atoms with Crippen molar-refractivity contribution in [3.63, 3.8) is 0 Å². The fraction of sp³-hybridized carbons (Fsp3) is 0.412. The van der Waals surface area contributed by atoms with E-state index in [2.05, 4.69) is 16.3 Å². The van der Waals surface area contributed by atoms with Gasteiger partial charge in [0, 0.05) is 18.5 Å². The molecule has 1 fully saturated rings. The lowest BCUT2D eigenvalue weighted by Crippen LogP contribution is -2.37. The molecular formula is C17H20N4. The number of para-hydroxylation sites is 1. The van der Waals surface area contributed by atoms with Crippen molar-refractivity contribution in [3.05, 3.63) is 35.9 Å². The van der Waals surface area contributed by atoms with Crippen molar-refractivity contribution in [2.24, 2.45) is 5.92 Å². The maximum Gasteiger partial charge on any atom is 0.130 e. The molecule has 2 heterocycles. The molecule has 0 spiro atoms. The van der Waals surface area contributed by atoms with E-state index in [0.29, 0.717) is 5.56 Å². The van der Waals surface area contributed by atoms with E-state index >= 15 is 0 Å². The molecule has 1 saturated heterocycles. The zero-order valence-corrected chi connectivity index (χ0v) is 12.3. The number of nitrogens with zero attached hydrogens (tertiary/aromatic N) is 3. The summed E-state index contributed by atoms with van der Waals surface area (Å²) >= 11 is 0. The monoisotopic (exact) mass is 280 g/mol. The van der Waals surface area contributed by atoms with Crippen LogP contribution in [-0.2, 0) is 0 Å². The number of anilines is 1. The van der Waals surface area contributed by atoms with Crippen molar-refractivity contribution in [2.75, 3.05) is 31.6 Å². The summed E-state index contributed by atoms with van der Waals surface area (Å²) < 4.78 is 0. The Kier molecular flexibility index (Phi) is 4.03. The third kappa shape index (κ3) is 2.84. The first-order valence-electron chi connectivity index (χ1n) is 7.51. The van der Waals surface area contributed by atoms with Gasteiger partial charge >= 0.3 is 0 Å². The predicted octanol–water partition coefficient (Wildman–Crippen LogP) is 2.54. The van der Waals surface area contributed by atoms with E-state index in [0.717, 1.165) is 42.3 Å². The number of rotatable bonds is 3. The molecule has 0 saturated carbocycles. The van der Waals surface area contributed by atoms with Crippen LogP contribution in [0.5, 0.6) is 0 Å². The Hall–Kier alpha value is -2.12. The molecule has 1 aliphatic rings. The molecule has 4 nitrogen and oxygen atoms in total. The van der Waals surface area contributed by atoms with Gasteiger partial charge in [-0.2, -0.15) is 5.26 Å². The maximum absolute atomic E-state index is 9.37. The highest BCUT2D eigenvalue weighted by Gasteiger charge is 2.20. The number of nitrogens with one attached hydrogen (secondary N) is 1. The number of pyridine rings is 1. The number of nitriles is 1. The second-order valence-electron chi connectivity index (χ2n) is 5.65. The number of fused-ring (bicyclic) bond motifs is 1. The van der Waals surface area contributed by atoms with Crippen molar-refractivity contribution < 1.29 is 0 Å². The van der Waals surface area contributed by atoms with Crippen LogP contribution in [0.2, 0.25) is 0 Å². The van der Waals surface area contributed by atoms with Crippen LogP contribution >= 0.6 is 0 Å². The fourth-order valence-corrected chi connectivity index (χ4v) is 3.07. The van der Waals surface area contributed by atoms with Gasteiger partial charge in [0.15, 0.2) is 0 Å². The largest absolute Gasteiger partial charge is 0.357 e. The molecule has 4 heteroatoms. The lowest BCUT2D eigenvalue weighted by atomic mass is 9.96. The molecule has 0 bridgehead atoms. The maximum atomic E-state index is 9.37. The summed E-state index contributed by atoms with van der Waals surface area (Å²) in [5.41, 5.74) is 1.62. The van der Waals surface area contributed by atoms with E-state index in [9.17, 15) is 5.26 Å². The zero-order chi connectivity index (χ0) is 14.7. The van der Waals surface area contributed by atoms with Crippen molar-refractivity contribution in [3.8, 4) is 6.07 Å². The minimum atomic E-state index is 0.716. The summed E-state index contributed by atoms with van der Waals surface area (Å²) in [6, 6.07) is 12.1. The SMILES string of the molecule is CNCC1CCN(c2cc(C#N)c3ccccc3n2)CC1. The predicted molar refractivity (Wildman–Crippen MR) is 85.3 cm³/mol. The van der Waals surface area contributed by atoms with Crippen LogP contribution in [0.25, 0.3) is 10.9 Å². The molecule has 108 valence electrons. The number of hydrogen-bond donors (Lipinski definition) is 1. The van der Waals surface area contributed by atoms with Crippen molar-refractivity contribution in [1.29, 1.82) is 5.26 Å². The van der Waals surface area contributed by atoms with Gasteiger partial charge in [-0.05, 0) is 44.5 Å². The molecule has 0 aliphatic carbocycles. The van der Waals surface area contributed by atoms with Crippen molar-refractivity contribution in [1.82, 2.24) is 10.3 Å². The van der Waals surface area contributed by atoms with Crippen LogP contribution in [-0.4, -0.2) is 31.7 Å². The molecule has 0 radical (unpaired) electrons. The van der Waals surface area contributed by atoms with Gasteiger partial charge in [-0.25, -0.2) is 4.98 Å². The molecule has 1 aromatic carbocycles. The summed E-state index contributed by atoms with van der Waals surface area (Å²) in [6.45, 7) is 3.12. The second-order valence-corrected chi connectivity index (χ2v) is 5.65. The molecule has 0 atom stereocenters. The molecular weight excluding hydrogens is 260 g/mol. The van der Waals surface area contributed by atoms with Crippen molar-refractivity contribution >= 4 is 16.7 Å². The van der Waals surface area contributed by atoms with Gasteiger partial charge in [-0.3, -0.25) is 0 Å². The van der Waals surface area contributed by atoms with E-state index in [-0.39, 0.29) is 0 Å². The van der Waals surface area contributed by atoms with Crippen LogP contribution < -0.4 is 10.2 Å². The second kappa shape index (κ2) is 6.11. The molecule has 21 heavy (non-hydrogen) atoms. The summed E-state index contributed by atoms with van der Waals surface area (Å²) in [6.07, 6.45) is 2.36. The van der Waals surface area contributed by atoms with Crippen LogP contribution in [0.1, 0.15) is 18.4 Å². The first kappa shape index (κ1) is 13.8. The zero-order valence-electron chi connectivity index (χ0n) is 12.3. The minimum Gasteiger partial charge on any atom is -0.357 e. The van der Waals surface area contributed by atoms with Gasteiger partial charge in [0.25, 0.3) is 0 Å². The van der Waals surface area contributed by atoms with E-state index in [1.807, 2.05) is 37.4 Å². The molecule has 1 aliphatic heterocycles. The number of benzene rings is 1. The molecule has 0 amide bonds. The number of hydrogen-bond acceptors (Lipinski definition) is 4. The normalized spacial score (nSPS) is 16.1. The average Bonchev–Trinajstić information content (AvgIpc) is 2.55.